The molecular weight excluding hydrogens is 182 g/mol. The lowest BCUT2D eigenvalue weighted by Gasteiger charge is -2.10. The Kier molecular flexibility index (Phi) is 2.96. The second kappa shape index (κ2) is 4.00. The molecule has 4 heteroatoms. The van der Waals surface area contributed by atoms with Crippen molar-refractivity contribution in [3.05, 3.63) is 23.8 Å². The fourth-order valence-corrected chi connectivity index (χ4v) is 1.27. The van der Waals surface area contributed by atoms with E-state index in [1.807, 2.05) is 6.92 Å². The van der Waals surface area contributed by atoms with Crippen molar-refractivity contribution in [1.82, 2.24) is 0 Å². The molecule has 0 aliphatic carbocycles. The summed E-state index contributed by atoms with van der Waals surface area (Å²) in [5.74, 6) is -0.789. The van der Waals surface area contributed by atoms with Crippen molar-refractivity contribution in [2.24, 2.45) is 5.73 Å². The molecule has 0 radical (unpaired) electrons. The molecule has 76 valence electrons. The van der Waals surface area contributed by atoms with E-state index in [0.717, 1.165) is 5.56 Å². The van der Waals surface area contributed by atoms with Crippen LogP contribution in [0.4, 0.5) is 0 Å². The van der Waals surface area contributed by atoms with Crippen LogP contribution in [0.1, 0.15) is 24.8 Å². The fraction of sp³-hybridized carbons (Fsp3) is 0.300. The van der Waals surface area contributed by atoms with Crippen LogP contribution in [0.3, 0.4) is 0 Å². The summed E-state index contributed by atoms with van der Waals surface area (Å²) >= 11 is 0. The summed E-state index contributed by atoms with van der Waals surface area (Å²) in [6.07, 6.45) is 0.226. The van der Waals surface area contributed by atoms with Gasteiger partial charge in [-0.2, -0.15) is 0 Å². The molecule has 0 aliphatic rings. The quantitative estimate of drug-likeness (QED) is 0.631. The van der Waals surface area contributed by atoms with Crippen LogP contribution >= 0.6 is 0 Å². The monoisotopic (exact) mass is 195 g/mol. The van der Waals surface area contributed by atoms with E-state index in [4.69, 9.17) is 10.8 Å². The molecule has 0 unspecified atom stereocenters. The summed E-state index contributed by atoms with van der Waals surface area (Å²) in [4.78, 5) is 10.6. The van der Waals surface area contributed by atoms with Crippen LogP contribution in [0, 0.1) is 0 Å². The van der Waals surface area contributed by atoms with Crippen molar-refractivity contribution in [2.75, 3.05) is 0 Å². The van der Waals surface area contributed by atoms with Gasteiger partial charge in [-0.25, -0.2) is 0 Å². The van der Waals surface area contributed by atoms with Crippen LogP contribution in [0.2, 0.25) is 0 Å². The molecule has 0 bridgehead atoms. The zero-order chi connectivity index (χ0) is 10.7. The van der Waals surface area contributed by atoms with Gasteiger partial charge in [-0.15, -0.1) is 0 Å². The number of carbonyl (C=O) groups excluding carboxylic acids is 1. The lowest BCUT2D eigenvalue weighted by molar-refractivity contribution is -0.118. The number of hydrogen-bond acceptors (Lipinski definition) is 3. The highest BCUT2D eigenvalue weighted by Gasteiger charge is 2.10. The topological polar surface area (TPSA) is 83.6 Å². The van der Waals surface area contributed by atoms with E-state index < -0.39 is 0 Å². The number of carbonyl (C=O) groups is 1. The Bertz CT molecular complexity index is 349. The van der Waals surface area contributed by atoms with Gasteiger partial charge in [-0.1, -0.05) is 13.0 Å². The number of rotatable bonds is 3. The predicted octanol–water partition coefficient (Wildman–Crippen LogP) is 1.08. The molecule has 1 atom stereocenters. The van der Waals surface area contributed by atoms with E-state index in [1.165, 1.54) is 12.1 Å². The van der Waals surface area contributed by atoms with Crippen LogP contribution in [0.5, 0.6) is 11.5 Å². The summed E-state index contributed by atoms with van der Waals surface area (Å²) in [7, 11) is 0. The molecule has 0 saturated heterocycles. The molecule has 0 saturated carbocycles. The summed E-state index contributed by atoms with van der Waals surface area (Å²) in [6, 6.07) is 4.48. The third kappa shape index (κ3) is 2.39. The van der Waals surface area contributed by atoms with Crippen molar-refractivity contribution < 1.29 is 15.0 Å². The van der Waals surface area contributed by atoms with Crippen LogP contribution in [0.15, 0.2) is 18.2 Å². The van der Waals surface area contributed by atoms with Gasteiger partial charge < -0.3 is 15.9 Å². The first-order valence-electron chi connectivity index (χ1n) is 4.31. The molecule has 14 heavy (non-hydrogen) atoms. The Morgan fingerprint density at radius 1 is 1.43 bits per heavy atom. The van der Waals surface area contributed by atoms with Gasteiger partial charge in [0.05, 0.1) is 0 Å². The maximum absolute atomic E-state index is 10.6. The SMILES string of the molecule is C[C@H](CC(N)=O)c1ccc(O)c(O)c1. The van der Waals surface area contributed by atoms with Crippen molar-refractivity contribution in [1.29, 1.82) is 0 Å². The van der Waals surface area contributed by atoms with Gasteiger partial charge in [0.2, 0.25) is 5.91 Å². The maximum Gasteiger partial charge on any atom is 0.218 e. The number of nitrogens with two attached hydrogens (primary N) is 1. The second-order valence-electron chi connectivity index (χ2n) is 3.32. The van der Waals surface area contributed by atoms with Gasteiger partial charge in [-0.3, -0.25) is 4.79 Å². The Labute approximate surface area is 82.0 Å². The molecule has 0 fully saturated rings. The Hall–Kier alpha value is -1.71. The number of phenolic OH excluding ortho intramolecular Hbond substituents is 2. The molecule has 0 aliphatic heterocycles. The van der Waals surface area contributed by atoms with E-state index in [0.29, 0.717) is 0 Å². The third-order valence-corrected chi connectivity index (χ3v) is 2.08. The van der Waals surface area contributed by atoms with Gasteiger partial charge in [0.1, 0.15) is 0 Å². The molecule has 0 heterocycles. The van der Waals surface area contributed by atoms with Gasteiger partial charge in [0.15, 0.2) is 11.5 Å². The van der Waals surface area contributed by atoms with Crippen molar-refractivity contribution >= 4 is 5.91 Å². The smallest absolute Gasteiger partial charge is 0.218 e. The molecule has 0 spiro atoms. The van der Waals surface area contributed by atoms with E-state index in [-0.39, 0.29) is 29.7 Å². The Balaban J connectivity index is 2.85. The van der Waals surface area contributed by atoms with E-state index in [1.54, 1.807) is 6.07 Å². The van der Waals surface area contributed by atoms with E-state index in [2.05, 4.69) is 0 Å². The summed E-state index contributed by atoms with van der Waals surface area (Å²) < 4.78 is 0. The zero-order valence-electron chi connectivity index (χ0n) is 7.90. The third-order valence-electron chi connectivity index (χ3n) is 2.08. The first kappa shape index (κ1) is 10.4. The van der Waals surface area contributed by atoms with Crippen molar-refractivity contribution in [3.63, 3.8) is 0 Å². The lowest BCUT2D eigenvalue weighted by Crippen LogP contribution is -2.13. The number of aromatic hydroxyl groups is 2. The minimum Gasteiger partial charge on any atom is -0.504 e. The van der Waals surface area contributed by atoms with Crippen LogP contribution < -0.4 is 5.73 Å². The molecule has 0 aromatic heterocycles. The standard InChI is InChI=1S/C10H13NO3/c1-6(4-10(11)14)7-2-3-8(12)9(13)5-7/h2-3,5-6,12-13H,4H2,1H3,(H2,11,14)/t6-/m1/s1. The highest BCUT2D eigenvalue weighted by Crippen LogP contribution is 2.29. The molecule has 1 rings (SSSR count). The zero-order valence-corrected chi connectivity index (χ0v) is 7.90. The minimum atomic E-state index is -0.384. The Morgan fingerprint density at radius 3 is 2.57 bits per heavy atom. The first-order chi connectivity index (χ1) is 6.50. The second-order valence-corrected chi connectivity index (χ2v) is 3.32. The van der Waals surface area contributed by atoms with Gasteiger partial charge in [0, 0.05) is 6.42 Å². The first-order valence-corrected chi connectivity index (χ1v) is 4.31. The minimum absolute atomic E-state index is 0.0565. The normalized spacial score (nSPS) is 12.4. The van der Waals surface area contributed by atoms with E-state index in [9.17, 15) is 9.90 Å². The van der Waals surface area contributed by atoms with Crippen LogP contribution in [-0.4, -0.2) is 16.1 Å². The van der Waals surface area contributed by atoms with Gasteiger partial charge >= 0.3 is 0 Å². The van der Waals surface area contributed by atoms with E-state index >= 15 is 0 Å². The summed E-state index contributed by atoms with van der Waals surface area (Å²) in [5, 5.41) is 18.3. The molecular formula is C10H13NO3. The predicted molar refractivity (Wildman–Crippen MR) is 52.0 cm³/mol. The summed E-state index contributed by atoms with van der Waals surface area (Å²) in [6.45, 7) is 1.83. The average Bonchev–Trinajstić information content (AvgIpc) is 2.08. The highest BCUT2D eigenvalue weighted by molar-refractivity contribution is 5.74. The molecule has 1 amide bonds. The highest BCUT2D eigenvalue weighted by atomic mass is 16.3. The number of phenols is 2. The molecule has 4 N–H and O–H groups in total. The fourth-order valence-electron chi connectivity index (χ4n) is 1.27. The maximum atomic E-state index is 10.6. The number of amides is 1. The number of hydrogen-bond donors (Lipinski definition) is 3. The molecule has 1 aromatic rings. The Morgan fingerprint density at radius 2 is 2.07 bits per heavy atom. The summed E-state index contributed by atoms with van der Waals surface area (Å²) in [5.41, 5.74) is 5.82. The number of primary amides is 1. The van der Waals surface area contributed by atoms with Gasteiger partial charge in [-0.05, 0) is 23.6 Å². The van der Waals surface area contributed by atoms with Crippen molar-refractivity contribution in [2.45, 2.75) is 19.3 Å². The van der Waals surface area contributed by atoms with Crippen LogP contribution in [-0.2, 0) is 4.79 Å². The number of benzene rings is 1. The van der Waals surface area contributed by atoms with Gasteiger partial charge in [0.25, 0.3) is 0 Å². The largest absolute Gasteiger partial charge is 0.504 e. The van der Waals surface area contributed by atoms with Crippen LogP contribution in [0.25, 0.3) is 0 Å². The molecule has 1 aromatic carbocycles. The van der Waals surface area contributed by atoms with Crippen molar-refractivity contribution in [3.8, 4) is 11.5 Å². The average molecular weight is 195 g/mol. The lowest BCUT2D eigenvalue weighted by atomic mass is 9.97. The molecule has 4 nitrogen and oxygen atoms in total.